The Hall–Kier alpha value is -1.01. The Bertz CT molecular complexity index is 508. The molecule has 0 unspecified atom stereocenters. The van der Waals surface area contributed by atoms with E-state index in [2.05, 4.69) is 10.2 Å². The van der Waals surface area contributed by atoms with Gasteiger partial charge >= 0.3 is 0 Å². The maximum absolute atomic E-state index is 14.3. The van der Waals surface area contributed by atoms with E-state index in [4.69, 9.17) is 4.74 Å². The topological polar surface area (TPSA) is 44.7 Å². The van der Waals surface area contributed by atoms with Gasteiger partial charge in [-0.15, -0.1) is 0 Å². The van der Waals surface area contributed by atoms with Gasteiger partial charge in [0.15, 0.2) is 0 Å². The molecule has 0 aromatic heterocycles. The SMILES string of the molecule is CN1[C@H](CO)C[C@H](CNC2CCOCC2)[C@@H]1c1ccccc1F. The first-order valence-corrected chi connectivity index (χ1v) is 8.59. The Morgan fingerprint density at radius 3 is 2.74 bits per heavy atom. The van der Waals surface area contributed by atoms with Crippen molar-refractivity contribution in [3.63, 3.8) is 0 Å². The monoisotopic (exact) mass is 322 g/mol. The van der Waals surface area contributed by atoms with Crippen LogP contribution in [0, 0.1) is 11.7 Å². The molecule has 2 saturated heterocycles. The zero-order valence-electron chi connectivity index (χ0n) is 13.7. The van der Waals surface area contributed by atoms with Crippen molar-refractivity contribution in [2.75, 3.05) is 33.4 Å². The summed E-state index contributed by atoms with van der Waals surface area (Å²) in [5.74, 6) is 0.149. The van der Waals surface area contributed by atoms with E-state index in [1.807, 2.05) is 19.2 Å². The average molecular weight is 322 g/mol. The first kappa shape index (κ1) is 16.8. The van der Waals surface area contributed by atoms with Gasteiger partial charge in [0.1, 0.15) is 5.82 Å². The molecule has 0 saturated carbocycles. The van der Waals surface area contributed by atoms with E-state index >= 15 is 0 Å². The van der Waals surface area contributed by atoms with E-state index in [-0.39, 0.29) is 24.5 Å². The first-order chi connectivity index (χ1) is 11.2. The molecule has 0 aliphatic carbocycles. The molecule has 23 heavy (non-hydrogen) atoms. The van der Waals surface area contributed by atoms with E-state index in [0.29, 0.717) is 12.0 Å². The lowest BCUT2D eigenvalue weighted by atomic mass is 9.92. The van der Waals surface area contributed by atoms with Crippen LogP contribution in [0.3, 0.4) is 0 Å². The van der Waals surface area contributed by atoms with Crippen LogP contribution in [-0.4, -0.2) is 55.5 Å². The fraction of sp³-hybridized carbons (Fsp3) is 0.667. The highest BCUT2D eigenvalue weighted by atomic mass is 19.1. The van der Waals surface area contributed by atoms with Gasteiger partial charge in [0, 0.05) is 43.4 Å². The average Bonchev–Trinajstić information content (AvgIpc) is 2.90. The third kappa shape index (κ3) is 3.74. The Morgan fingerprint density at radius 2 is 2.04 bits per heavy atom. The number of hydrogen-bond acceptors (Lipinski definition) is 4. The Labute approximate surface area is 137 Å². The fourth-order valence-corrected chi connectivity index (χ4v) is 4.01. The lowest BCUT2D eigenvalue weighted by Gasteiger charge is -2.30. The molecule has 4 nitrogen and oxygen atoms in total. The lowest BCUT2D eigenvalue weighted by Crippen LogP contribution is -2.39. The highest BCUT2D eigenvalue weighted by Crippen LogP contribution is 2.40. The molecule has 0 bridgehead atoms. The zero-order chi connectivity index (χ0) is 16.2. The van der Waals surface area contributed by atoms with Gasteiger partial charge in [-0.3, -0.25) is 4.90 Å². The molecule has 2 aliphatic rings. The van der Waals surface area contributed by atoms with Crippen LogP contribution in [0.4, 0.5) is 4.39 Å². The van der Waals surface area contributed by atoms with Gasteiger partial charge in [-0.25, -0.2) is 4.39 Å². The number of likely N-dealkylation sites (N-methyl/N-ethyl adjacent to an activating group) is 1. The predicted octanol–water partition coefficient (Wildman–Crippen LogP) is 1.95. The first-order valence-electron chi connectivity index (χ1n) is 8.59. The molecule has 3 rings (SSSR count). The molecular formula is C18H27FN2O2. The minimum Gasteiger partial charge on any atom is -0.395 e. The van der Waals surface area contributed by atoms with Crippen LogP contribution in [-0.2, 0) is 4.74 Å². The molecular weight excluding hydrogens is 295 g/mol. The second-order valence-corrected chi connectivity index (χ2v) is 6.76. The van der Waals surface area contributed by atoms with Crippen LogP contribution in [0.1, 0.15) is 30.9 Å². The van der Waals surface area contributed by atoms with Crippen LogP contribution in [0.15, 0.2) is 24.3 Å². The maximum atomic E-state index is 14.3. The van der Waals surface area contributed by atoms with Crippen molar-refractivity contribution in [3.8, 4) is 0 Å². The van der Waals surface area contributed by atoms with Crippen LogP contribution in [0.5, 0.6) is 0 Å². The lowest BCUT2D eigenvalue weighted by molar-refractivity contribution is 0.0763. The minimum absolute atomic E-state index is 0.0145. The van der Waals surface area contributed by atoms with Gasteiger partial charge in [0.05, 0.1) is 6.61 Å². The molecule has 2 fully saturated rings. The third-order valence-corrected chi connectivity index (χ3v) is 5.36. The molecule has 1 aromatic carbocycles. The van der Waals surface area contributed by atoms with Crippen LogP contribution in [0.2, 0.25) is 0 Å². The maximum Gasteiger partial charge on any atom is 0.127 e. The highest BCUT2D eigenvalue weighted by Gasteiger charge is 2.40. The smallest absolute Gasteiger partial charge is 0.127 e. The van der Waals surface area contributed by atoms with Gasteiger partial charge in [0.25, 0.3) is 0 Å². The number of nitrogens with zero attached hydrogens (tertiary/aromatic N) is 1. The van der Waals surface area contributed by atoms with Crippen LogP contribution >= 0.6 is 0 Å². The molecule has 2 N–H and O–H groups in total. The predicted molar refractivity (Wildman–Crippen MR) is 87.7 cm³/mol. The summed E-state index contributed by atoms with van der Waals surface area (Å²) in [6, 6.07) is 7.62. The summed E-state index contributed by atoms with van der Waals surface area (Å²) in [4.78, 5) is 2.13. The number of aliphatic hydroxyl groups excluding tert-OH is 1. The van der Waals surface area contributed by atoms with Gasteiger partial charge in [-0.05, 0) is 38.3 Å². The zero-order valence-corrected chi connectivity index (χ0v) is 13.7. The second kappa shape index (κ2) is 7.71. The molecule has 0 amide bonds. The number of nitrogens with one attached hydrogen (secondary N) is 1. The number of halogens is 1. The van der Waals surface area contributed by atoms with E-state index in [9.17, 15) is 9.50 Å². The van der Waals surface area contributed by atoms with Crippen molar-refractivity contribution in [3.05, 3.63) is 35.6 Å². The van der Waals surface area contributed by atoms with Crippen LogP contribution < -0.4 is 5.32 Å². The molecule has 3 atom stereocenters. The van der Waals surface area contributed by atoms with Crippen molar-refractivity contribution in [1.29, 1.82) is 0 Å². The summed E-state index contributed by atoms with van der Waals surface area (Å²) in [6.07, 6.45) is 2.97. The molecule has 128 valence electrons. The Kier molecular flexibility index (Phi) is 5.64. The summed E-state index contributed by atoms with van der Waals surface area (Å²) in [5.41, 5.74) is 0.740. The van der Waals surface area contributed by atoms with Crippen molar-refractivity contribution < 1.29 is 14.2 Å². The van der Waals surface area contributed by atoms with Crippen molar-refractivity contribution in [1.82, 2.24) is 10.2 Å². The standard InChI is InChI=1S/C18H27FN2O2/c1-21-15(12-22)10-13(11-20-14-6-8-23-9-7-14)18(21)16-4-2-3-5-17(16)19/h2-5,13-15,18,20,22H,6-12H2,1H3/t13-,15+,18-/m1/s1. The van der Waals surface area contributed by atoms with E-state index in [0.717, 1.165) is 44.6 Å². The number of rotatable bonds is 5. The molecule has 2 heterocycles. The third-order valence-electron chi connectivity index (χ3n) is 5.36. The van der Waals surface area contributed by atoms with Crippen molar-refractivity contribution in [2.24, 2.45) is 5.92 Å². The fourth-order valence-electron chi connectivity index (χ4n) is 4.01. The Morgan fingerprint density at radius 1 is 1.30 bits per heavy atom. The van der Waals surface area contributed by atoms with Crippen molar-refractivity contribution >= 4 is 0 Å². The summed E-state index contributed by atoms with van der Waals surface area (Å²) < 4.78 is 19.7. The largest absolute Gasteiger partial charge is 0.395 e. The molecule has 1 aromatic rings. The summed E-state index contributed by atoms with van der Waals surface area (Å²) in [5, 5.41) is 13.3. The summed E-state index contributed by atoms with van der Waals surface area (Å²) in [6.45, 7) is 2.61. The van der Waals surface area contributed by atoms with Gasteiger partial charge in [-0.2, -0.15) is 0 Å². The molecule has 0 spiro atoms. The van der Waals surface area contributed by atoms with Gasteiger partial charge in [-0.1, -0.05) is 18.2 Å². The number of likely N-dealkylation sites (tertiary alicyclic amines) is 1. The van der Waals surface area contributed by atoms with E-state index in [1.54, 1.807) is 6.07 Å². The second-order valence-electron chi connectivity index (χ2n) is 6.76. The molecule has 2 aliphatic heterocycles. The number of hydrogen-bond donors (Lipinski definition) is 2. The van der Waals surface area contributed by atoms with Crippen molar-refractivity contribution in [2.45, 2.75) is 37.4 Å². The van der Waals surface area contributed by atoms with Crippen LogP contribution in [0.25, 0.3) is 0 Å². The summed E-state index contributed by atoms with van der Waals surface area (Å²) in [7, 11) is 1.99. The molecule has 5 heteroatoms. The van der Waals surface area contributed by atoms with Gasteiger partial charge in [0.2, 0.25) is 0 Å². The normalized spacial score (nSPS) is 30.0. The molecule has 0 radical (unpaired) electrons. The highest BCUT2D eigenvalue weighted by molar-refractivity contribution is 5.24. The Balaban J connectivity index is 1.72. The number of benzene rings is 1. The van der Waals surface area contributed by atoms with E-state index in [1.165, 1.54) is 6.07 Å². The number of ether oxygens (including phenoxy) is 1. The quantitative estimate of drug-likeness (QED) is 0.870. The number of aliphatic hydroxyl groups is 1. The van der Waals surface area contributed by atoms with Gasteiger partial charge < -0.3 is 15.2 Å². The minimum atomic E-state index is -0.154. The summed E-state index contributed by atoms with van der Waals surface area (Å²) >= 11 is 0. The van der Waals surface area contributed by atoms with E-state index < -0.39 is 0 Å².